The first-order chi connectivity index (χ1) is 28.2. The highest BCUT2D eigenvalue weighted by molar-refractivity contribution is 6.33. The molecule has 3 fully saturated rings. The highest BCUT2D eigenvalue weighted by Gasteiger charge is 2.71. The van der Waals surface area contributed by atoms with Crippen LogP contribution < -0.4 is 15.2 Å². The molecule has 6 atom stereocenters. The number of carbonyl (C=O) groups is 4. The van der Waals surface area contributed by atoms with Gasteiger partial charge in [0.2, 0.25) is 0 Å². The van der Waals surface area contributed by atoms with E-state index < -0.39 is 100.0 Å². The Morgan fingerprint density at radius 1 is 0.883 bits per heavy atom. The average molecular weight is 879 g/mol. The third-order valence-corrected chi connectivity index (χ3v) is 12.0. The van der Waals surface area contributed by atoms with Gasteiger partial charge in [0.15, 0.2) is 5.82 Å². The van der Waals surface area contributed by atoms with Crippen LogP contribution in [0, 0.1) is 29.5 Å². The topological polar surface area (TPSA) is 132 Å². The number of hydrazine groups is 2. The molecule has 11 nitrogen and oxygen atoms in total. The Hall–Kier alpha value is -5.88. The molecule has 0 spiro atoms. The second kappa shape index (κ2) is 14.4. The molecule has 2 aliphatic carbocycles. The van der Waals surface area contributed by atoms with Gasteiger partial charge in [-0.2, -0.15) is 23.2 Å². The zero-order chi connectivity index (χ0) is 43.2. The number of alkyl halides is 6. The molecule has 3 aromatic carbocycles. The largest absolute Gasteiger partial charge is 0.573 e. The van der Waals surface area contributed by atoms with Gasteiger partial charge in [0.25, 0.3) is 23.6 Å². The van der Waals surface area contributed by atoms with E-state index in [1.165, 1.54) is 42.5 Å². The molecule has 60 heavy (non-hydrogen) atoms. The summed E-state index contributed by atoms with van der Waals surface area (Å²) in [6, 6.07) is 14.5. The van der Waals surface area contributed by atoms with Crippen molar-refractivity contribution in [3.8, 4) is 11.5 Å². The molecule has 2 saturated heterocycles. The maximum absolute atomic E-state index is 15.3. The summed E-state index contributed by atoms with van der Waals surface area (Å²) in [5, 5.41) is 13.5. The lowest BCUT2D eigenvalue weighted by molar-refractivity contribution is -0.274. The van der Waals surface area contributed by atoms with Gasteiger partial charge in [-0.3, -0.25) is 29.6 Å². The molecular weight excluding hydrogens is 850 g/mol. The molecule has 0 bridgehead atoms. The fraction of sp³-hybridized carbons (Fsp3) is 0.275. The highest BCUT2D eigenvalue weighted by Crippen LogP contribution is 2.65. The lowest BCUT2D eigenvalue weighted by Gasteiger charge is -2.50. The van der Waals surface area contributed by atoms with E-state index in [-0.39, 0.29) is 45.3 Å². The zero-order valence-corrected chi connectivity index (χ0v) is 32.1. The SMILES string of the molecule is CN(c1nc(C(F)(F)F)ccc1Cl)N1C(=O)[C@H]2[C@H](CC=C3[C@H]2C[C@H]2C(=O)N(Nc4ccc(F)cc4)C(=O)[C@@]2(c2ccc(Cl)cc2)[C@H]3c2cc(OC(F)(F)F)ccc2O)C1=O. The van der Waals surface area contributed by atoms with Gasteiger partial charge in [-0.05, 0) is 91.1 Å². The minimum Gasteiger partial charge on any atom is -0.508 e. The second-order valence-corrected chi connectivity index (χ2v) is 15.5. The lowest BCUT2D eigenvalue weighted by atomic mass is 9.49. The van der Waals surface area contributed by atoms with Crippen molar-refractivity contribution in [2.45, 2.75) is 36.7 Å². The van der Waals surface area contributed by atoms with Crippen LogP contribution >= 0.6 is 23.2 Å². The Bertz CT molecular complexity index is 2490. The van der Waals surface area contributed by atoms with Gasteiger partial charge in [0.05, 0.1) is 33.9 Å². The molecule has 2 aliphatic heterocycles. The number of aromatic hydroxyl groups is 1. The third-order valence-electron chi connectivity index (χ3n) is 11.5. The number of aromatic nitrogens is 1. The summed E-state index contributed by atoms with van der Waals surface area (Å²) in [4.78, 5) is 62.4. The number of halogens is 9. The number of hydrogen-bond donors (Lipinski definition) is 2. The molecule has 2 N–H and O–H groups in total. The molecule has 4 amide bonds. The number of allylic oxidation sites excluding steroid dienone is 2. The molecule has 312 valence electrons. The van der Waals surface area contributed by atoms with Crippen molar-refractivity contribution in [2.24, 2.45) is 23.7 Å². The van der Waals surface area contributed by atoms with E-state index in [9.17, 15) is 50.2 Å². The van der Waals surface area contributed by atoms with E-state index in [1.54, 1.807) is 0 Å². The number of amides is 4. The smallest absolute Gasteiger partial charge is 0.508 e. The summed E-state index contributed by atoms with van der Waals surface area (Å²) >= 11 is 12.5. The first-order valence-electron chi connectivity index (χ1n) is 18.0. The number of nitrogens with one attached hydrogen (secondary N) is 1. The molecule has 1 aromatic heterocycles. The van der Waals surface area contributed by atoms with E-state index in [1.807, 2.05) is 0 Å². The summed E-state index contributed by atoms with van der Waals surface area (Å²) < 4.78 is 100. The van der Waals surface area contributed by atoms with E-state index in [2.05, 4.69) is 15.1 Å². The van der Waals surface area contributed by atoms with Crippen molar-refractivity contribution < 1.29 is 59.8 Å². The summed E-state index contributed by atoms with van der Waals surface area (Å²) in [7, 11) is 1.12. The van der Waals surface area contributed by atoms with Crippen molar-refractivity contribution in [1.29, 1.82) is 0 Å². The third kappa shape index (κ3) is 6.56. The quantitative estimate of drug-likeness (QED) is 0.107. The van der Waals surface area contributed by atoms with Gasteiger partial charge < -0.3 is 9.84 Å². The Balaban J connectivity index is 1.31. The van der Waals surface area contributed by atoms with Gasteiger partial charge in [0.1, 0.15) is 23.0 Å². The van der Waals surface area contributed by atoms with Crippen LogP contribution in [0.25, 0.3) is 0 Å². The van der Waals surface area contributed by atoms with E-state index in [4.69, 9.17) is 23.2 Å². The monoisotopic (exact) mass is 877 g/mol. The van der Waals surface area contributed by atoms with Crippen LogP contribution in [0.4, 0.5) is 42.2 Å². The molecule has 3 heterocycles. The predicted octanol–water partition coefficient (Wildman–Crippen LogP) is 8.19. The van der Waals surface area contributed by atoms with Crippen LogP contribution in [-0.2, 0) is 30.8 Å². The molecule has 4 aliphatic rings. The van der Waals surface area contributed by atoms with Crippen molar-refractivity contribution in [1.82, 2.24) is 15.0 Å². The standard InChI is InChI=1S/C40H28Cl2F7N5O6/c1-52(33-28(42)13-15-30(50-33)39(44,45)46)54-34(56)24-12-11-23-25(31(24)36(54)58)17-27-35(57)53(51-21-8-6-20(43)7-9-21)37(59)38(27,18-2-4-19(41)5-3-18)32(23)26-16-22(10-14-29(26)55)60-40(47,48)49/h2-11,13-16,24-25,27,31-32,51,55H,12,17H2,1H3/t24-,25+,27-,31-,32+,38+/m0/s1. The zero-order valence-electron chi connectivity index (χ0n) is 30.6. The van der Waals surface area contributed by atoms with Crippen molar-refractivity contribution in [3.05, 3.63) is 123 Å². The minimum atomic E-state index is -5.20. The number of carbonyl (C=O) groups excluding carboxylic acids is 4. The number of hydrogen-bond acceptors (Lipinski definition) is 9. The first kappa shape index (κ1) is 40.9. The van der Waals surface area contributed by atoms with Crippen molar-refractivity contribution >= 4 is 58.3 Å². The van der Waals surface area contributed by atoms with Crippen LogP contribution in [0.3, 0.4) is 0 Å². The Labute approximate surface area is 344 Å². The number of ether oxygens (including phenoxy) is 1. The highest BCUT2D eigenvalue weighted by atomic mass is 35.5. The predicted molar refractivity (Wildman–Crippen MR) is 198 cm³/mol. The maximum atomic E-state index is 15.3. The Morgan fingerprint density at radius 3 is 2.22 bits per heavy atom. The van der Waals surface area contributed by atoms with Gasteiger partial charge >= 0.3 is 12.5 Å². The van der Waals surface area contributed by atoms with Crippen LogP contribution in [0.15, 0.2) is 90.5 Å². The molecule has 0 unspecified atom stereocenters. The summed E-state index contributed by atoms with van der Waals surface area (Å²) in [6.07, 6.45) is -9.13. The molecular formula is C40H28Cl2F7N5O6. The summed E-state index contributed by atoms with van der Waals surface area (Å²) in [6.45, 7) is 0. The first-order valence-corrected chi connectivity index (χ1v) is 18.8. The van der Waals surface area contributed by atoms with Gasteiger partial charge in [-0.1, -0.05) is 47.0 Å². The fourth-order valence-electron chi connectivity index (χ4n) is 9.15. The van der Waals surface area contributed by atoms with E-state index in [0.29, 0.717) is 16.1 Å². The average Bonchev–Trinajstić information content (AvgIpc) is 3.56. The number of imide groups is 2. The lowest BCUT2D eigenvalue weighted by Crippen LogP contribution is -2.53. The Morgan fingerprint density at radius 2 is 1.57 bits per heavy atom. The molecule has 8 rings (SSSR count). The Kier molecular flexibility index (Phi) is 9.81. The van der Waals surface area contributed by atoms with Crippen LogP contribution in [0.5, 0.6) is 11.5 Å². The number of phenols is 1. The number of rotatable bonds is 7. The van der Waals surface area contributed by atoms with E-state index in [0.717, 1.165) is 48.5 Å². The number of nitrogens with zero attached hydrogens (tertiary/aromatic N) is 4. The van der Waals surface area contributed by atoms with Crippen molar-refractivity contribution in [3.63, 3.8) is 0 Å². The number of benzene rings is 3. The number of anilines is 2. The number of phenolic OH excluding ortho intramolecular Hbond substituents is 1. The van der Waals surface area contributed by atoms with Gasteiger partial charge in [-0.25, -0.2) is 9.37 Å². The summed E-state index contributed by atoms with van der Waals surface area (Å²) in [5.41, 5.74) is -0.595. The second-order valence-electron chi connectivity index (χ2n) is 14.7. The number of pyridine rings is 1. The maximum Gasteiger partial charge on any atom is 0.573 e. The van der Waals surface area contributed by atoms with Crippen molar-refractivity contribution in [2.75, 3.05) is 17.5 Å². The fourth-order valence-corrected chi connectivity index (χ4v) is 9.50. The van der Waals surface area contributed by atoms with Gasteiger partial charge in [0, 0.05) is 23.6 Å². The van der Waals surface area contributed by atoms with Gasteiger partial charge in [-0.15, -0.1) is 13.2 Å². The van der Waals surface area contributed by atoms with Crippen LogP contribution in [-0.4, -0.2) is 57.1 Å². The summed E-state index contributed by atoms with van der Waals surface area (Å²) in [5.74, 6) is -12.8. The molecule has 1 saturated carbocycles. The van der Waals surface area contributed by atoms with Crippen LogP contribution in [0.1, 0.15) is 35.6 Å². The molecule has 20 heteroatoms. The van der Waals surface area contributed by atoms with E-state index >= 15 is 4.79 Å². The molecule has 4 aromatic rings. The minimum absolute atomic E-state index is 0.0942. The number of fused-ring (bicyclic) bond motifs is 4. The normalized spacial score (nSPS) is 25.2. The van der Waals surface area contributed by atoms with Crippen LogP contribution in [0.2, 0.25) is 10.0 Å². The molecule has 0 radical (unpaired) electrons.